The minimum absolute atomic E-state index is 0.344. The second-order valence-electron chi connectivity index (χ2n) is 5.61. The zero-order valence-corrected chi connectivity index (χ0v) is 13.9. The average molecular weight is 308 g/mol. The molecule has 0 aliphatic carbocycles. The Labute approximate surface area is 125 Å². The average Bonchev–Trinajstić information content (AvgIpc) is 2.38. The van der Waals surface area contributed by atoms with E-state index in [1.54, 1.807) is 0 Å². The minimum Gasteiger partial charge on any atom is -0.273 e. The molecule has 0 rings (SSSR count). The van der Waals surface area contributed by atoms with Crippen LogP contribution < -0.4 is 4.72 Å². The Kier molecular flexibility index (Phi) is 13.7. The second-order valence-corrected chi connectivity index (χ2v) is 6.85. The summed E-state index contributed by atoms with van der Waals surface area (Å²) in [5, 5.41) is 0. The molecule has 0 amide bonds. The number of unbranched alkanes of at least 4 members (excludes halogenated alkanes) is 12. The first kappa shape index (κ1) is 19.9. The minimum atomic E-state index is -3.99. The first-order valence-corrected chi connectivity index (χ1v) is 9.72. The van der Waals surface area contributed by atoms with Gasteiger partial charge in [0.05, 0.1) is 0 Å². The molecule has 0 aliphatic heterocycles. The van der Waals surface area contributed by atoms with Crippen molar-refractivity contribution >= 4 is 10.3 Å². The number of hydrogen-bond acceptors (Lipinski definition) is 2. The third-order valence-corrected chi connectivity index (χ3v) is 4.13. The van der Waals surface area contributed by atoms with Gasteiger partial charge in [-0.15, -0.1) is 0 Å². The normalized spacial score (nSPS) is 11.9. The van der Waals surface area contributed by atoms with Crippen molar-refractivity contribution in [1.29, 1.82) is 0 Å². The van der Waals surface area contributed by atoms with Crippen LogP contribution in [0, 0.1) is 0 Å². The van der Waals surface area contributed by atoms with E-state index in [9.17, 15) is 8.42 Å². The maximum Gasteiger partial charge on any atom is 0.333 e. The predicted octanol–water partition coefficient (Wildman–Crippen LogP) is 4.47. The van der Waals surface area contributed by atoms with Gasteiger partial charge in [0.2, 0.25) is 0 Å². The van der Waals surface area contributed by atoms with Crippen LogP contribution in [0.1, 0.15) is 90.4 Å². The van der Waals surface area contributed by atoms with Gasteiger partial charge in [-0.1, -0.05) is 84.0 Å². The second kappa shape index (κ2) is 13.8. The van der Waals surface area contributed by atoms with Gasteiger partial charge in [-0.05, 0) is 6.42 Å². The zero-order valence-electron chi connectivity index (χ0n) is 13.1. The molecule has 4 nitrogen and oxygen atoms in total. The van der Waals surface area contributed by atoms with E-state index in [-0.39, 0.29) is 0 Å². The lowest BCUT2D eigenvalue weighted by atomic mass is 10.0. The van der Waals surface area contributed by atoms with Gasteiger partial charge in [0, 0.05) is 6.54 Å². The first-order chi connectivity index (χ1) is 9.56. The Balaban J connectivity index is 3.03. The van der Waals surface area contributed by atoms with Crippen LogP contribution >= 0.6 is 0 Å². The van der Waals surface area contributed by atoms with Crippen molar-refractivity contribution in [2.75, 3.05) is 6.54 Å². The highest BCUT2D eigenvalue weighted by Gasteiger charge is 2.00. The molecular weight excluding hydrogens is 274 g/mol. The Hall–Kier alpha value is -0.130. The lowest BCUT2D eigenvalue weighted by Crippen LogP contribution is -2.23. The SMILES string of the molecule is CCCCCCCCCCCCCCCNS(=O)(=O)O. The fourth-order valence-electron chi connectivity index (χ4n) is 2.34. The van der Waals surface area contributed by atoms with E-state index < -0.39 is 10.3 Å². The molecular formula is C15H33NO3S. The van der Waals surface area contributed by atoms with E-state index in [0.717, 1.165) is 19.3 Å². The van der Waals surface area contributed by atoms with Gasteiger partial charge in [0.25, 0.3) is 0 Å². The summed E-state index contributed by atoms with van der Waals surface area (Å²) in [4.78, 5) is 0. The lowest BCUT2D eigenvalue weighted by Gasteiger charge is -2.03. The fraction of sp³-hybridized carbons (Fsp3) is 1.00. The Morgan fingerprint density at radius 3 is 1.40 bits per heavy atom. The largest absolute Gasteiger partial charge is 0.333 e. The molecule has 0 heterocycles. The summed E-state index contributed by atoms with van der Waals surface area (Å²) < 4.78 is 31.3. The van der Waals surface area contributed by atoms with Gasteiger partial charge in [-0.2, -0.15) is 13.1 Å². The van der Waals surface area contributed by atoms with E-state index in [1.807, 2.05) is 0 Å². The van der Waals surface area contributed by atoms with E-state index in [2.05, 4.69) is 11.6 Å². The first-order valence-electron chi connectivity index (χ1n) is 8.28. The Morgan fingerprint density at radius 1 is 0.700 bits per heavy atom. The molecule has 0 bridgehead atoms. The molecule has 0 fully saturated rings. The standard InChI is InChI=1S/C15H33NO3S/c1-2-3-4-5-6-7-8-9-10-11-12-13-14-15-16-20(17,18)19/h16H,2-15H2,1H3,(H,17,18,19). The molecule has 0 aromatic rings. The van der Waals surface area contributed by atoms with Crippen molar-refractivity contribution in [3.05, 3.63) is 0 Å². The van der Waals surface area contributed by atoms with Crippen LogP contribution in [0.2, 0.25) is 0 Å². The molecule has 0 unspecified atom stereocenters. The summed E-state index contributed by atoms with van der Waals surface area (Å²) in [7, 11) is -3.99. The van der Waals surface area contributed by atoms with E-state index in [1.165, 1.54) is 64.2 Å². The summed E-state index contributed by atoms with van der Waals surface area (Å²) in [6.45, 7) is 2.59. The van der Waals surface area contributed by atoms with Gasteiger partial charge < -0.3 is 0 Å². The molecule has 122 valence electrons. The van der Waals surface area contributed by atoms with Gasteiger partial charge in [0.1, 0.15) is 0 Å². The predicted molar refractivity (Wildman–Crippen MR) is 85.2 cm³/mol. The summed E-state index contributed by atoms with van der Waals surface area (Å²) in [6.07, 6.45) is 16.5. The van der Waals surface area contributed by atoms with Crippen molar-refractivity contribution in [1.82, 2.24) is 4.72 Å². The molecule has 0 atom stereocenters. The third-order valence-electron chi connectivity index (χ3n) is 3.56. The summed E-state index contributed by atoms with van der Waals surface area (Å²) in [6, 6.07) is 0. The molecule has 0 aromatic carbocycles. The molecule has 0 aromatic heterocycles. The highest BCUT2D eigenvalue weighted by atomic mass is 32.2. The highest BCUT2D eigenvalue weighted by Crippen LogP contribution is 2.12. The monoisotopic (exact) mass is 307 g/mol. The summed E-state index contributed by atoms with van der Waals surface area (Å²) in [5.74, 6) is 0. The van der Waals surface area contributed by atoms with Crippen LogP contribution in [0.4, 0.5) is 0 Å². The molecule has 0 saturated carbocycles. The number of hydrogen-bond donors (Lipinski definition) is 2. The van der Waals surface area contributed by atoms with Crippen molar-refractivity contribution in [2.45, 2.75) is 90.4 Å². The van der Waals surface area contributed by atoms with E-state index in [4.69, 9.17) is 4.55 Å². The Bertz CT molecular complexity index is 291. The van der Waals surface area contributed by atoms with Crippen molar-refractivity contribution < 1.29 is 13.0 Å². The molecule has 0 saturated heterocycles. The van der Waals surface area contributed by atoms with Gasteiger partial charge >= 0.3 is 10.3 Å². The topological polar surface area (TPSA) is 66.4 Å². The lowest BCUT2D eigenvalue weighted by molar-refractivity contribution is 0.464. The van der Waals surface area contributed by atoms with Crippen molar-refractivity contribution in [3.8, 4) is 0 Å². The van der Waals surface area contributed by atoms with Gasteiger partial charge in [-0.25, -0.2) is 0 Å². The quantitative estimate of drug-likeness (QED) is 0.346. The third kappa shape index (κ3) is 17.9. The van der Waals surface area contributed by atoms with Crippen LogP contribution in [0.25, 0.3) is 0 Å². The molecule has 5 heteroatoms. The maximum absolute atomic E-state index is 10.4. The van der Waals surface area contributed by atoms with Gasteiger partial charge in [-0.3, -0.25) is 4.55 Å². The summed E-state index contributed by atoms with van der Waals surface area (Å²) >= 11 is 0. The highest BCUT2D eigenvalue weighted by molar-refractivity contribution is 7.83. The Morgan fingerprint density at radius 2 is 1.05 bits per heavy atom. The van der Waals surface area contributed by atoms with Crippen LogP contribution in [0.15, 0.2) is 0 Å². The van der Waals surface area contributed by atoms with E-state index in [0.29, 0.717) is 6.54 Å². The van der Waals surface area contributed by atoms with Crippen molar-refractivity contribution in [3.63, 3.8) is 0 Å². The van der Waals surface area contributed by atoms with Crippen LogP contribution in [0.5, 0.6) is 0 Å². The van der Waals surface area contributed by atoms with Crippen molar-refractivity contribution in [2.24, 2.45) is 0 Å². The van der Waals surface area contributed by atoms with Crippen LogP contribution in [-0.4, -0.2) is 19.5 Å². The summed E-state index contributed by atoms with van der Waals surface area (Å²) in [5.41, 5.74) is 0. The zero-order chi connectivity index (χ0) is 15.1. The van der Waals surface area contributed by atoms with E-state index >= 15 is 0 Å². The molecule has 0 spiro atoms. The van der Waals surface area contributed by atoms with Gasteiger partial charge in [0.15, 0.2) is 0 Å². The maximum atomic E-state index is 10.4. The molecule has 0 aliphatic rings. The number of nitrogens with one attached hydrogen (secondary N) is 1. The van der Waals surface area contributed by atoms with Crippen LogP contribution in [0.3, 0.4) is 0 Å². The molecule has 0 radical (unpaired) electrons. The molecule has 20 heavy (non-hydrogen) atoms. The number of rotatable bonds is 15. The smallest absolute Gasteiger partial charge is 0.273 e. The molecule has 2 N–H and O–H groups in total. The van der Waals surface area contributed by atoms with Crippen LogP contribution in [-0.2, 0) is 10.3 Å². The fourth-order valence-corrected chi connectivity index (χ4v) is 2.75.